The first-order valence-corrected chi connectivity index (χ1v) is 5.74. The van der Waals surface area contributed by atoms with Crippen LogP contribution < -0.4 is 15.2 Å². The van der Waals surface area contributed by atoms with Gasteiger partial charge in [0.25, 0.3) is 0 Å². The molecule has 0 fully saturated rings. The second-order valence-corrected chi connectivity index (χ2v) is 3.78. The van der Waals surface area contributed by atoms with Gasteiger partial charge < -0.3 is 15.2 Å². The first-order chi connectivity index (χ1) is 7.74. The molecule has 0 spiro atoms. The fourth-order valence-corrected chi connectivity index (χ4v) is 1.86. The van der Waals surface area contributed by atoms with E-state index in [1.54, 1.807) is 7.11 Å². The minimum atomic E-state index is 0.350. The van der Waals surface area contributed by atoms with E-state index in [1.807, 2.05) is 25.1 Å². The zero-order valence-electron chi connectivity index (χ0n) is 10.3. The fourth-order valence-electron chi connectivity index (χ4n) is 1.86. The van der Waals surface area contributed by atoms with Crippen LogP contribution in [0.4, 0.5) is 0 Å². The summed E-state index contributed by atoms with van der Waals surface area (Å²) in [6.45, 7) is 5.46. The van der Waals surface area contributed by atoms with Gasteiger partial charge in [-0.2, -0.15) is 0 Å². The number of hydrogen-bond donors (Lipinski definition) is 1. The van der Waals surface area contributed by atoms with Gasteiger partial charge in [0.05, 0.1) is 13.7 Å². The van der Waals surface area contributed by atoms with Gasteiger partial charge in [0.15, 0.2) is 0 Å². The molecule has 1 atom stereocenters. The van der Waals surface area contributed by atoms with Gasteiger partial charge in [-0.05, 0) is 37.9 Å². The summed E-state index contributed by atoms with van der Waals surface area (Å²) in [6.07, 6.45) is 0.931. The van der Waals surface area contributed by atoms with Crippen LogP contribution in [-0.2, 0) is 0 Å². The molecule has 0 radical (unpaired) electrons. The lowest BCUT2D eigenvalue weighted by molar-refractivity contribution is 0.327. The largest absolute Gasteiger partial charge is 0.496 e. The van der Waals surface area contributed by atoms with Crippen LogP contribution >= 0.6 is 0 Å². The predicted molar refractivity (Wildman–Crippen MR) is 66.2 cm³/mol. The molecule has 3 heteroatoms. The van der Waals surface area contributed by atoms with Crippen LogP contribution in [0, 0.1) is 0 Å². The molecule has 0 aromatic heterocycles. The Morgan fingerprint density at radius 1 is 1.31 bits per heavy atom. The topological polar surface area (TPSA) is 44.5 Å². The zero-order chi connectivity index (χ0) is 12.0. The Labute approximate surface area is 97.6 Å². The van der Waals surface area contributed by atoms with Gasteiger partial charge in [-0.3, -0.25) is 0 Å². The highest BCUT2D eigenvalue weighted by Crippen LogP contribution is 2.36. The summed E-state index contributed by atoms with van der Waals surface area (Å²) in [7, 11) is 1.68. The van der Waals surface area contributed by atoms with Crippen molar-refractivity contribution in [3.8, 4) is 11.5 Å². The van der Waals surface area contributed by atoms with E-state index < -0.39 is 0 Å². The third kappa shape index (κ3) is 2.89. The Kier molecular flexibility index (Phi) is 5.12. The summed E-state index contributed by atoms with van der Waals surface area (Å²) < 4.78 is 11.0. The minimum Gasteiger partial charge on any atom is -0.496 e. The molecule has 1 rings (SSSR count). The lowest BCUT2D eigenvalue weighted by atomic mass is 9.96. The van der Waals surface area contributed by atoms with Crippen molar-refractivity contribution in [2.75, 3.05) is 20.3 Å². The molecule has 0 heterocycles. The molecule has 1 unspecified atom stereocenters. The Morgan fingerprint density at radius 2 is 2.00 bits per heavy atom. The number of rotatable bonds is 6. The van der Waals surface area contributed by atoms with Gasteiger partial charge in [-0.1, -0.05) is 13.0 Å². The molecule has 16 heavy (non-hydrogen) atoms. The van der Waals surface area contributed by atoms with Crippen LogP contribution in [0.15, 0.2) is 18.2 Å². The van der Waals surface area contributed by atoms with E-state index in [-0.39, 0.29) is 0 Å². The van der Waals surface area contributed by atoms with E-state index in [0.29, 0.717) is 19.1 Å². The number of ether oxygens (including phenoxy) is 2. The minimum absolute atomic E-state index is 0.350. The molecule has 2 N–H and O–H groups in total. The lowest BCUT2D eigenvalue weighted by Gasteiger charge is -2.19. The molecule has 0 aliphatic carbocycles. The van der Waals surface area contributed by atoms with Crippen LogP contribution in [0.1, 0.15) is 31.7 Å². The summed E-state index contributed by atoms with van der Waals surface area (Å²) in [5.41, 5.74) is 6.72. The highest BCUT2D eigenvalue weighted by atomic mass is 16.5. The molecule has 0 amide bonds. The van der Waals surface area contributed by atoms with Crippen molar-refractivity contribution in [1.29, 1.82) is 0 Å². The number of nitrogens with two attached hydrogens (primary N) is 1. The van der Waals surface area contributed by atoms with Crippen LogP contribution in [0.25, 0.3) is 0 Å². The van der Waals surface area contributed by atoms with Crippen molar-refractivity contribution < 1.29 is 9.47 Å². The second kappa shape index (κ2) is 6.38. The van der Waals surface area contributed by atoms with Crippen LogP contribution in [0.2, 0.25) is 0 Å². The van der Waals surface area contributed by atoms with E-state index in [1.165, 1.54) is 0 Å². The molecule has 3 nitrogen and oxygen atoms in total. The number of hydrogen-bond acceptors (Lipinski definition) is 3. The van der Waals surface area contributed by atoms with Crippen molar-refractivity contribution in [2.24, 2.45) is 5.73 Å². The van der Waals surface area contributed by atoms with Crippen molar-refractivity contribution in [3.63, 3.8) is 0 Å². The Balaban J connectivity index is 3.08. The summed E-state index contributed by atoms with van der Waals surface area (Å²) in [4.78, 5) is 0. The highest BCUT2D eigenvalue weighted by Gasteiger charge is 2.16. The van der Waals surface area contributed by atoms with E-state index in [4.69, 9.17) is 15.2 Å². The molecule has 90 valence electrons. The summed E-state index contributed by atoms with van der Waals surface area (Å²) in [5.74, 6) is 2.14. The third-order valence-corrected chi connectivity index (χ3v) is 2.64. The van der Waals surface area contributed by atoms with Crippen LogP contribution in [0.3, 0.4) is 0 Å². The Hall–Kier alpha value is -1.22. The van der Waals surface area contributed by atoms with Gasteiger partial charge in [-0.15, -0.1) is 0 Å². The first kappa shape index (κ1) is 12.8. The monoisotopic (exact) mass is 223 g/mol. The highest BCUT2D eigenvalue weighted by molar-refractivity contribution is 5.47. The quantitative estimate of drug-likeness (QED) is 0.806. The smallest absolute Gasteiger partial charge is 0.126 e. The normalized spacial score (nSPS) is 12.2. The van der Waals surface area contributed by atoms with Crippen molar-refractivity contribution in [1.82, 2.24) is 0 Å². The standard InChI is InChI=1S/C13H21NO2/c1-4-16-12-7-5-6-11(15-3)13(12)10(2)8-9-14/h5-7,10H,4,8-9,14H2,1-3H3. The number of methoxy groups -OCH3 is 1. The van der Waals surface area contributed by atoms with Gasteiger partial charge >= 0.3 is 0 Å². The molecule has 0 aliphatic heterocycles. The third-order valence-electron chi connectivity index (χ3n) is 2.64. The fraction of sp³-hybridized carbons (Fsp3) is 0.538. The zero-order valence-corrected chi connectivity index (χ0v) is 10.3. The predicted octanol–water partition coefficient (Wildman–Crippen LogP) is 2.55. The van der Waals surface area contributed by atoms with E-state index >= 15 is 0 Å². The number of benzene rings is 1. The lowest BCUT2D eigenvalue weighted by Crippen LogP contribution is -2.08. The SMILES string of the molecule is CCOc1cccc(OC)c1C(C)CCN. The van der Waals surface area contributed by atoms with Crippen LogP contribution in [0.5, 0.6) is 11.5 Å². The molecule has 0 aliphatic rings. The molecule has 0 saturated heterocycles. The van der Waals surface area contributed by atoms with Crippen molar-refractivity contribution in [3.05, 3.63) is 23.8 Å². The molecule has 0 saturated carbocycles. The van der Waals surface area contributed by atoms with Gasteiger partial charge in [0.1, 0.15) is 11.5 Å². The average Bonchev–Trinajstić information content (AvgIpc) is 2.29. The van der Waals surface area contributed by atoms with E-state index in [0.717, 1.165) is 23.5 Å². The Bertz CT molecular complexity index is 326. The molecule has 1 aromatic rings. The van der Waals surface area contributed by atoms with Gasteiger partial charge in [0, 0.05) is 5.56 Å². The molecular formula is C13H21NO2. The molecule has 1 aromatic carbocycles. The van der Waals surface area contributed by atoms with Crippen LogP contribution in [-0.4, -0.2) is 20.3 Å². The van der Waals surface area contributed by atoms with E-state index in [2.05, 4.69) is 6.92 Å². The molecule has 0 bridgehead atoms. The van der Waals surface area contributed by atoms with Gasteiger partial charge in [-0.25, -0.2) is 0 Å². The van der Waals surface area contributed by atoms with Gasteiger partial charge in [0.2, 0.25) is 0 Å². The second-order valence-electron chi connectivity index (χ2n) is 3.78. The summed E-state index contributed by atoms with van der Waals surface area (Å²) in [5, 5.41) is 0. The first-order valence-electron chi connectivity index (χ1n) is 5.74. The maximum absolute atomic E-state index is 5.63. The average molecular weight is 223 g/mol. The maximum atomic E-state index is 5.63. The Morgan fingerprint density at radius 3 is 2.56 bits per heavy atom. The molecular weight excluding hydrogens is 202 g/mol. The van der Waals surface area contributed by atoms with E-state index in [9.17, 15) is 0 Å². The summed E-state index contributed by atoms with van der Waals surface area (Å²) in [6, 6.07) is 5.89. The maximum Gasteiger partial charge on any atom is 0.126 e. The van der Waals surface area contributed by atoms with Crippen molar-refractivity contribution >= 4 is 0 Å². The summed E-state index contributed by atoms with van der Waals surface area (Å²) >= 11 is 0. The van der Waals surface area contributed by atoms with Crippen molar-refractivity contribution in [2.45, 2.75) is 26.2 Å².